The lowest BCUT2D eigenvalue weighted by atomic mass is 10.3. The van der Waals surface area contributed by atoms with E-state index in [4.69, 9.17) is 25.8 Å². The van der Waals surface area contributed by atoms with Crippen molar-refractivity contribution < 1.29 is 14.2 Å². The molecule has 0 aromatic carbocycles. The van der Waals surface area contributed by atoms with Gasteiger partial charge in [-0.2, -0.15) is 0 Å². The molecule has 2 rings (SSSR count). The van der Waals surface area contributed by atoms with Gasteiger partial charge < -0.3 is 19.5 Å². The topological polar surface area (TPSA) is 65.5 Å². The number of nitrogens with zero attached hydrogens (tertiary/aromatic N) is 2. The van der Waals surface area contributed by atoms with E-state index >= 15 is 0 Å². The van der Waals surface area contributed by atoms with Crippen molar-refractivity contribution in [2.24, 2.45) is 0 Å². The van der Waals surface area contributed by atoms with Crippen molar-refractivity contribution in [3.8, 4) is 5.75 Å². The Labute approximate surface area is 104 Å². The Balaban J connectivity index is 1.95. The molecular weight excluding hydrogens is 246 g/mol. The molecule has 1 aliphatic heterocycles. The van der Waals surface area contributed by atoms with E-state index in [0.717, 1.165) is 0 Å². The molecule has 1 aromatic heterocycles. The van der Waals surface area contributed by atoms with Crippen molar-refractivity contribution in [2.45, 2.75) is 6.10 Å². The summed E-state index contributed by atoms with van der Waals surface area (Å²) in [6.45, 7) is 2.44. The molecule has 6 nitrogen and oxygen atoms in total. The highest BCUT2D eigenvalue weighted by Crippen LogP contribution is 2.28. The van der Waals surface area contributed by atoms with Crippen molar-refractivity contribution >= 4 is 17.4 Å². The Kier molecular flexibility index (Phi) is 4.36. The van der Waals surface area contributed by atoms with Gasteiger partial charge in [-0.25, -0.2) is 9.97 Å². The molecule has 2 heterocycles. The molecule has 1 saturated heterocycles. The van der Waals surface area contributed by atoms with Crippen LogP contribution in [0.25, 0.3) is 0 Å². The highest BCUT2D eigenvalue weighted by Gasteiger charge is 2.16. The first kappa shape index (κ1) is 12.3. The van der Waals surface area contributed by atoms with Crippen molar-refractivity contribution in [2.75, 3.05) is 38.8 Å². The zero-order valence-electron chi connectivity index (χ0n) is 9.48. The van der Waals surface area contributed by atoms with Crippen LogP contribution < -0.4 is 10.1 Å². The number of ether oxygens (including phenoxy) is 3. The quantitative estimate of drug-likeness (QED) is 0.813. The lowest BCUT2D eigenvalue weighted by molar-refractivity contribution is -0.0819. The molecule has 1 N–H and O–H groups in total. The zero-order valence-corrected chi connectivity index (χ0v) is 10.2. The van der Waals surface area contributed by atoms with E-state index in [1.54, 1.807) is 0 Å². The average molecular weight is 260 g/mol. The van der Waals surface area contributed by atoms with Crippen molar-refractivity contribution in [3.63, 3.8) is 0 Å². The molecule has 17 heavy (non-hydrogen) atoms. The van der Waals surface area contributed by atoms with Crippen LogP contribution in [0, 0.1) is 0 Å². The Morgan fingerprint density at radius 3 is 3.12 bits per heavy atom. The minimum atomic E-state index is 0.0159. The van der Waals surface area contributed by atoms with E-state index in [9.17, 15) is 0 Å². The van der Waals surface area contributed by atoms with Crippen LogP contribution in [-0.4, -0.2) is 49.5 Å². The summed E-state index contributed by atoms with van der Waals surface area (Å²) in [5.74, 6) is 0.993. The van der Waals surface area contributed by atoms with Crippen LogP contribution >= 0.6 is 11.6 Å². The maximum absolute atomic E-state index is 5.88. The molecule has 94 valence electrons. The second-order valence-electron chi connectivity index (χ2n) is 3.49. The maximum Gasteiger partial charge on any atom is 0.198 e. The second kappa shape index (κ2) is 6.00. The van der Waals surface area contributed by atoms with Gasteiger partial charge in [0.15, 0.2) is 16.7 Å². The zero-order chi connectivity index (χ0) is 12.1. The van der Waals surface area contributed by atoms with Crippen LogP contribution in [0.4, 0.5) is 5.82 Å². The number of anilines is 1. The number of hydrogen-bond donors (Lipinski definition) is 1. The van der Waals surface area contributed by atoms with Crippen molar-refractivity contribution in [1.82, 2.24) is 9.97 Å². The fourth-order valence-corrected chi connectivity index (χ4v) is 1.73. The van der Waals surface area contributed by atoms with Gasteiger partial charge in [0, 0.05) is 6.54 Å². The fourth-order valence-electron chi connectivity index (χ4n) is 1.52. The summed E-state index contributed by atoms with van der Waals surface area (Å²) in [5.41, 5.74) is 0. The molecule has 0 aliphatic carbocycles. The van der Waals surface area contributed by atoms with Gasteiger partial charge in [-0.05, 0) is 0 Å². The molecule has 1 fully saturated rings. The number of halogens is 1. The number of rotatable bonds is 4. The first-order chi connectivity index (χ1) is 8.31. The molecule has 0 saturated carbocycles. The smallest absolute Gasteiger partial charge is 0.198 e. The molecule has 0 spiro atoms. The van der Waals surface area contributed by atoms with Crippen molar-refractivity contribution in [3.05, 3.63) is 11.5 Å². The lowest BCUT2D eigenvalue weighted by Crippen LogP contribution is -2.34. The van der Waals surface area contributed by atoms with Crippen LogP contribution in [0.3, 0.4) is 0 Å². The Bertz CT molecular complexity index is 372. The molecule has 0 amide bonds. The van der Waals surface area contributed by atoms with E-state index in [1.807, 2.05) is 0 Å². The minimum absolute atomic E-state index is 0.0159. The van der Waals surface area contributed by atoms with Crippen LogP contribution in [0.1, 0.15) is 0 Å². The highest BCUT2D eigenvalue weighted by atomic mass is 35.5. The molecule has 7 heteroatoms. The number of methoxy groups -OCH3 is 1. The highest BCUT2D eigenvalue weighted by molar-refractivity contribution is 6.31. The Hall–Kier alpha value is -1.11. The molecule has 0 bridgehead atoms. The van der Waals surface area contributed by atoms with Gasteiger partial charge >= 0.3 is 0 Å². The fraction of sp³-hybridized carbons (Fsp3) is 0.600. The normalized spacial score (nSPS) is 20.0. The lowest BCUT2D eigenvalue weighted by Gasteiger charge is -2.23. The van der Waals surface area contributed by atoms with E-state index in [1.165, 1.54) is 13.4 Å². The Morgan fingerprint density at radius 1 is 1.53 bits per heavy atom. The third-order valence-electron chi connectivity index (χ3n) is 2.35. The van der Waals surface area contributed by atoms with Gasteiger partial charge in [0.25, 0.3) is 0 Å². The van der Waals surface area contributed by atoms with Gasteiger partial charge in [0.2, 0.25) is 0 Å². The van der Waals surface area contributed by atoms with Gasteiger partial charge in [-0.15, -0.1) is 0 Å². The largest absolute Gasteiger partial charge is 0.490 e. The van der Waals surface area contributed by atoms with E-state index in [0.29, 0.717) is 37.9 Å². The van der Waals surface area contributed by atoms with Crippen LogP contribution in [0.5, 0.6) is 5.75 Å². The van der Waals surface area contributed by atoms with E-state index < -0.39 is 0 Å². The van der Waals surface area contributed by atoms with Gasteiger partial charge in [-0.3, -0.25) is 0 Å². The van der Waals surface area contributed by atoms with Crippen molar-refractivity contribution in [1.29, 1.82) is 0 Å². The summed E-state index contributed by atoms with van der Waals surface area (Å²) in [4.78, 5) is 7.91. The third kappa shape index (κ3) is 3.18. The number of hydrogen-bond acceptors (Lipinski definition) is 6. The molecular formula is C10H14ClN3O3. The predicted molar refractivity (Wildman–Crippen MR) is 62.6 cm³/mol. The van der Waals surface area contributed by atoms with Gasteiger partial charge in [-0.1, -0.05) is 11.6 Å². The molecule has 1 atom stereocenters. The SMILES string of the molecule is COc1c(Cl)ncnc1NCC1COCCO1. The molecule has 1 aliphatic rings. The van der Waals surface area contributed by atoms with Gasteiger partial charge in [0.1, 0.15) is 6.33 Å². The summed E-state index contributed by atoms with van der Waals surface area (Å²) >= 11 is 5.88. The van der Waals surface area contributed by atoms with Gasteiger partial charge in [0.05, 0.1) is 33.0 Å². The molecule has 1 aromatic rings. The van der Waals surface area contributed by atoms with E-state index in [-0.39, 0.29) is 11.3 Å². The summed E-state index contributed by atoms with van der Waals surface area (Å²) in [5, 5.41) is 3.39. The monoisotopic (exact) mass is 259 g/mol. The molecule has 1 unspecified atom stereocenters. The Morgan fingerprint density at radius 2 is 2.41 bits per heavy atom. The second-order valence-corrected chi connectivity index (χ2v) is 3.85. The summed E-state index contributed by atoms with van der Waals surface area (Å²) in [7, 11) is 1.52. The minimum Gasteiger partial charge on any atom is -0.490 e. The predicted octanol–water partition coefficient (Wildman–Crippen LogP) is 0.966. The third-order valence-corrected chi connectivity index (χ3v) is 2.62. The summed E-state index contributed by atoms with van der Waals surface area (Å²) in [6.07, 6.45) is 1.40. The van der Waals surface area contributed by atoms with Crippen LogP contribution in [0.2, 0.25) is 5.15 Å². The maximum atomic E-state index is 5.88. The molecule has 0 radical (unpaired) electrons. The summed E-state index contributed by atoms with van der Waals surface area (Å²) in [6, 6.07) is 0. The van der Waals surface area contributed by atoms with Crippen LogP contribution in [-0.2, 0) is 9.47 Å². The number of aromatic nitrogens is 2. The first-order valence-electron chi connectivity index (χ1n) is 5.29. The van der Waals surface area contributed by atoms with Crippen LogP contribution in [0.15, 0.2) is 6.33 Å². The van der Waals surface area contributed by atoms with E-state index in [2.05, 4.69) is 15.3 Å². The summed E-state index contributed by atoms with van der Waals surface area (Å²) < 4.78 is 15.9. The average Bonchev–Trinajstić information content (AvgIpc) is 2.37. The number of nitrogens with one attached hydrogen (secondary N) is 1. The standard InChI is InChI=1S/C10H14ClN3O3/c1-15-8-9(11)13-6-14-10(8)12-4-7-5-16-2-3-17-7/h6-7H,2-5H2,1H3,(H,12,13,14). The first-order valence-corrected chi connectivity index (χ1v) is 5.66.